The van der Waals surface area contributed by atoms with Crippen molar-refractivity contribution in [1.82, 2.24) is 15.2 Å². The second-order valence-electron chi connectivity index (χ2n) is 6.13. The average molecular weight is 366 g/mol. The summed E-state index contributed by atoms with van der Waals surface area (Å²) in [6.45, 7) is 3.91. The molecule has 0 saturated heterocycles. The number of nitrogens with zero attached hydrogens (tertiary/aromatic N) is 3. The molecule has 0 spiro atoms. The molecule has 2 aromatic heterocycles. The standard InChI is InChI=1S/C18H18N6O3/c1-11(2)20-17-14(7-4-8-19-17)18(25)21-16-10-15(22-23-16)12-5-3-6-13(9-12)24(26)27/h3-11H,1-2H3,(H,19,20)(H2,21,22,23,25). The number of aromatic nitrogens is 3. The number of rotatable bonds is 6. The van der Waals surface area contributed by atoms with Crippen LogP contribution in [0.15, 0.2) is 48.7 Å². The van der Waals surface area contributed by atoms with Gasteiger partial charge in [-0.15, -0.1) is 0 Å². The smallest absolute Gasteiger partial charge is 0.270 e. The lowest BCUT2D eigenvalue weighted by Crippen LogP contribution is -2.18. The Morgan fingerprint density at radius 3 is 2.78 bits per heavy atom. The van der Waals surface area contributed by atoms with Crippen LogP contribution in [0.2, 0.25) is 0 Å². The predicted octanol–water partition coefficient (Wildman–Crippen LogP) is 3.45. The molecule has 0 aliphatic heterocycles. The molecule has 2 heterocycles. The zero-order valence-electron chi connectivity index (χ0n) is 14.8. The van der Waals surface area contributed by atoms with Crippen molar-refractivity contribution in [2.24, 2.45) is 0 Å². The van der Waals surface area contributed by atoms with Gasteiger partial charge in [-0.25, -0.2) is 4.98 Å². The summed E-state index contributed by atoms with van der Waals surface area (Å²) in [6, 6.07) is 11.2. The highest BCUT2D eigenvalue weighted by Crippen LogP contribution is 2.24. The molecule has 3 rings (SSSR count). The highest BCUT2D eigenvalue weighted by Gasteiger charge is 2.15. The molecule has 1 aromatic carbocycles. The Bertz CT molecular complexity index is 982. The second-order valence-corrected chi connectivity index (χ2v) is 6.13. The number of non-ortho nitro benzene ring substituents is 1. The first kappa shape index (κ1) is 18.1. The number of nitrogens with one attached hydrogen (secondary N) is 3. The van der Waals surface area contributed by atoms with E-state index in [0.29, 0.717) is 28.5 Å². The number of nitro benzene ring substituents is 1. The first-order valence-electron chi connectivity index (χ1n) is 8.27. The van der Waals surface area contributed by atoms with Gasteiger partial charge in [-0.3, -0.25) is 20.0 Å². The van der Waals surface area contributed by atoms with E-state index >= 15 is 0 Å². The largest absolute Gasteiger partial charge is 0.367 e. The summed E-state index contributed by atoms with van der Waals surface area (Å²) >= 11 is 0. The number of carbonyl (C=O) groups is 1. The summed E-state index contributed by atoms with van der Waals surface area (Å²) in [5.74, 6) is 0.434. The van der Waals surface area contributed by atoms with Gasteiger partial charge in [0.15, 0.2) is 5.82 Å². The molecule has 27 heavy (non-hydrogen) atoms. The number of nitro groups is 1. The summed E-state index contributed by atoms with van der Waals surface area (Å²) in [7, 11) is 0. The summed E-state index contributed by atoms with van der Waals surface area (Å²) in [5, 5.41) is 23.6. The lowest BCUT2D eigenvalue weighted by molar-refractivity contribution is -0.384. The van der Waals surface area contributed by atoms with Crippen molar-refractivity contribution in [2.75, 3.05) is 10.6 Å². The number of benzene rings is 1. The van der Waals surface area contributed by atoms with E-state index in [9.17, 15) is 14.9 Å². The maximum atomic E-state index is 12.6. The number of carbonyl (C=O) groups excluding carboxylic acids is 1. The third-order valence-electron chi connectivity index (χ3n) is 3.67. The monoisotopic (exact) mass is 366 g/mol. The fourth-order valence-electron chi connectivity index (χ4n) is 2.48. The summed E-state index contributed by atoms with van der Waals surface area (Å²) in [5.41, 5.74) is 1.53. The number of pyridine rings is 1. The molecule has 0 bridgehead atoms. The quantitative estimate of drug-likeness (QED) is 0.453. The van der Waals surface area contributed by atoms with Crippen molar-refractivity contribution in [1.29, 1.82) is 0 Å². The topological polar surface area (TPSA) is 126 Å². The highest BCUT2D eigenvalue weighted by atomic mass is 16.6. The third kappa shape index (κ3) is 4.27. The van der Waals surface area contributed by atoms with Crippen LogP contribution >= 0.6 is 0 Å². The Morgan fingerprint density at radius 1 is 1.22 bits per heavy atom. The van der Waals surface area contributed by atoms with Crippen LogP contribution in [0.25, 0.3) is 11.3 Å². The molecule has 0 atom stereocenters. The van der Waals surface area contributed by atoms with Gasteiger partial charge in [0.25, 0.3) is 11.6 Å². The van der Waals surface area contributed by atoms with Crippen LogP contribution in [0.3, 0.4) is 0 Å². The van der Waals surface area contributed by atoms with E-state index in [1.54, 1.807) is 36.5 Å². The molecule has 9 nitrogen and oxygen atoms in total. The Morgan fingerprint density at radius 2 is 2.04 bits per heavy atom. The van der Waals surface area contributed by atoms with Crippen LogP contribution < -0.4 is 10.6 Å². The van der Waals surface area contributed by atoms with Crippen molar-refractivity contribution in [2.45, 2.75) is 19.9 Å². The zero-order chi connectivity index (χ0) is 19.4. The van der Waals surface area contributed by atoms with Gasteiger partial charge < -0.3 is 10.6 Å². The molecule has 3 aromatic rings. The second kappa shape index (κ2) is 7.65. The van der Waals surface area contributed by atoms with E-state index in [4.69, 9.17) is 0 Å². The molecule has 0 unspecified atom stereocenters. The third-order valence-corrected chi connectivity index (χ3v) is 3.67. The Kier molecular flexibility index (Phi) is 5.11. The molecule has 3 N–H and O–H groups in total. The van der Waals surface area contributed by atoms with Gasteiger partial charge in [0.05, 0.1) is 16.2 Å². The van der Waals surface area contributed by atoms with E-state index in [2.05, 4.69) is 25.8 Å². The first-order chi connectivity index (χ1) is 12.9. The summed E-state index contributed by atoms with van der Waals surface area (Å²) in [4.78, 5) is 27.2. The van der Waals surface area contributed by atoms with Crippen LogP contribution in [0.4, 0.5) is 17.3 Å². The lowest BCUT2D eigenvalue weighted by atomic mass is 10.1. The molecular weight excluding hydrogens is 348 g/mol. The maximum absolute atomic E-state index is 12.6. The van der Waals surface area contributed by atoms with Crippen LogP contribution in [-0.4, -0.2) is 32.1 Å². The van der Waals surface area contributed by atoms with Gasteiger partial charge in [0.1, 0.15) is 5.82 Å². The molecular formula is C18H18N6O3. The fraction of sp³-hybridized carbons (Fsp3) is 0.167. The van der Waals surface area contributed by atoms with Gasteiger partial charge >= 0.3 is 0 Å². The van der Waals surface area contributed by atoms with Crippen molar-refractivity contribution < 1.29 is 9.72 Å². The molecule has 9 heteroatoms. The van der Waals surface area contributed by atoms with Gasteiger partial charge in [0, 0.05) is 36.0 Å². The van der Waals surface area contributed by atoms with Crippen molar-refractivity contribution >= 4 is 23.2 Å². The zero-order valence-corrected chi connectivity index (χ0v) is 14.8. The number of hydrogen-bond donors (Lipinski definition) is 3. The molecule has 0 aliphatic carbocycles. The van der Waals surface area contributed by atoms with Crippen LogP contribution in [0.5, 0.6) is 0 Å². The molecule has 0 saturated carbocycles. The number of aromatic amines is 1. The van der Waals surface area contributed by atoms with Crippen LogP contribution in [-0.2, 0) is 0 Å². The molecule has 1 amide bonds. The molecule has 0 aliphatic rings. The first-order valence-corrected chi connectivity index (χ1v) is 8.27. The minimum Gasteiger partial charge on any atom is -0.367 e. The van der Waals surface area contributed by atoms with Gasteiger partial charge in [0.2, 0.25) is 0 Å². The number of hydrogen-bond acceptors (Lipinski definition) is 6. The maximum Gasteiger partial charge on any atom is 0.270 e. The minimum absolute atomic E-state index is 0.0209. The number of amides is 1. The Labute approximate surface area is 155 Å². The molecule has 138 valence electrons. The normalized spacial score (nSPS) is 10.6. The average Bonchev–Trinajstić information content (AvgIpc) is 3.10. The van der Waals surface area contributed by atoms with Crippen molar-refractivity contribution in [3.63, 3.8) is 0 Å². The Balaban J connectivity index is 1.79. The van der Waals surface area contributed by atoms with Gasteiger partial charge in [-0.2, -0.15) is 5.10 Å². The SMILES string of the molecule is CC(C)Nc1ncccc1C(=O)Nc1cc(-c2cccc([N+](=O)[O-])c2)[nH]n1. The predicted molar refractivity (Wildman–Crippen MR) is 102 cm³/mol. The fourth-order valence-corrected chi connectivity index (χ4v) is 2.48. The summed E-state index contributed by atoms with van der Waals surface area (Å²) in [6.07, 6.45) is 1.61. The summed E-state index contributed by atoms with van der Waals surface area (Å²) < 4.78 is 0. The van der Waals surface area contributed by atoms with Crippen molar-refractivity contribution in [3.05, 3.63) is 64.3 Å². The molecule has 0 fully saturated rings. The van der Waals surface area contributed by atoms with Gasteiger partial charge in [-0.1, -0.05) is 12.1 Å². The van der Waals surface area contributed by atoms with Gasteiger partial charge in [-0.05, 0) is 26.0 Å². The van der Waals surface area contributed by atoms with Crippen LogP contribution in [0, 0.1) is 10.1 Å². The minimum atomic E-state index is -0.464. The number of anilines is 2. The van der Waals surface area contributed by atoms with Crippen molar-refractivity contribution in [3.8, 4) is 11.3 Å². The van der Waals surface area contributed by atoms with E-state index in [1.807, 2.05) is 13.8 Å². The Hall–Kier alpha value is -3.75. The van der Waals surface area contributed by atoms with E-state index in [-0.39, 0.29) is 17.6 Å². The number of H-pyrrole nitrogens is 1. The highest BCUT2D eigenvalue weighted by molar-refractivity contribution is 6.07. The van der Waals surface area contributed by atoms with Crippen LogP contribution in [0.1, 0.15) is 24.2 Å². The molecule has 0 radical (unpaired) electrons. The van der Waals surface area contributed by atoms with E-state index < -0.39 is 4.92 Å². The lowest BCUT2D eigenvalue weighted by Gasteiger charge is -2.12. The van der Waals surface area contributed by atoms with E-state index in [0.717, 1.165) is 0 Å². The van der Waals surface area contributed by atoms with E-state index in [1.165, 1.54) is 12.1 Å².